The first-order chi connectivity index (χ1) is 9.63. The lowest BCUT2D eigenvalue weighted by Gasteiger charge is -2.25. The van der Waals surface area contributed by atoms with Crippen molar-refractivity contribution in [1.29, 1.82) is 0 Å². The van der Waals surface area contributed by atoms with Crippen LogP contribution in [0.15, 0.2) is 28.7 Å². The van der Waals surface area contributed by atoms with Crippen LogP contribution in [0.1, 0.15) is 25.7 Å². The molecule has 0 saturated heterocycles. The Labute approximate surface area is 127 Å². The SMILES string of the molecule is O=C(COc1ccc(Br)cc1)NCC1CCC(O)CC1. The Morgan fingerprint density at radius 2 is 1.90 bits per heavy atom. The number of halogens is 1. The highest BCUT2D eigenvalue weighted by Crippen LogP contribution is 2.23. The lowest BCUT2D eigenvalue weighted by Crippen LogP contribution is -2.34. The second-order valence-corrected chi connectivity index (χ2v) is 6.14. The summed E-state index contributed by atoms with van der Waals surface area (Å²) in [4.78, 5) is 11.7. The summed E-state index contributed by atoms with van der Waals surface area (Å²) in [5.74, 6) is 1.07. The molecule has 4 nitrogen and oxygen atoms in total. The largest absolute Gasteiger partial charge is 0.484 e. The van der Waals surface area contributed by atoms with Gasteiger partial charge in [0.1, 0.15) is 5.75 Å². The summed E-state index contributed by atoms with van der Waals surface area (Å²) in [5.41, 5.74) is 0. The van der Waals surface area contributed by atoms with Crippen LogP contribution >= 0.6 is 15.9 Å². The average molecular weight is 342 g/mol. The molecule has 0 radical (unpaired) electrons. The van der Waals surface area contributed by atoms with Crippen LogP contribution in [0, 0.1) is 5.92 Å². The summed E-state index contributed by atoms with van der Waals surface area (Å²) < 4.78 is 6.39. The van der Waals surface area contributed by atoms with Crippen molar-refractivity contribution < 1.29 is 14.6 Å². The predicted octanol–water partition coefficient (Wildman–Crippen LogP) is 2.50. The van der Waals surface area contributed by atoms with Crippen molar-refractivity contribution in [3.63, 3.8) is 0 Å². The smallest absolute Gasteiger partial charge is 0.257 e. The van der Waals surface area contributed by atoms with Gasteiger partial charge in [0.15, 0.2) is 6.61 Å². The van der Waals surface area contributed by atoms with E-state index in [2.05, 4.69) is 21.2 Å². The number of hydrogen-bond acceptors (Lipinski definition) is 3. The van der Waals surface area contributed by atoms with Crippen molar-refractivity contribution >= 4 is 21.8 Å². The van der Waals surface area contributed by atoms with Crippen LogP contribution in [0.5, 0.6) is 5.75 Å². The quantitative estimate of drug-likeness (QED) is 0.864. The van der Waals surface area contributed by atoms with E-state index in [9.17, 15) is 9.90 Å². The minimum atomic E-state index is -0.150. The van der Waals surface area contributed by atoms with Gasteiger partial charge in [-0.1, -0.05) is 15.9 Å². The maximum atomic E-state index is 11.7. The van der Waals surface area contributed by atoms with E-state index >= 15 is 0 Å². The number of nitrogens with one attached hydrogen (secondary N) is 1. The second-order valence-electron chi connectivity index (χ2n) is 5.22. The number of rotatable bonds is 5. The molecule has 1 amide bonds. The molecule has 2 rings (SSSR count). The number of carbonyl (C=O) groups excluding carboxylic acids is 1. The maximum absolute atomic E-state index is 11.7. The monoisotopic (exact) mass is 341 g/mol. The summed E-state index contributed by atoms with van der Waals surface area (Å²) in [6.45, 7) is 0.715. The molecule has 0 heterocycles. The van der Waals surface area contributed by atoms with Gasteiger partial charge < -0.3 is 15.2 Å². The Bertz CT molecular complexity index is 427. The fourth-order valence-corrected chi connectivity index (χ4v) is 2.60. The molecule has 0 spiro atoms. The molecule has 110 valence electrons. The Morgan fingerprint density at radius 3 is 2.55 bits per heavy atom. The summed E-state index contributed by atoms with van der Waals surface area (Å²) in [6.07, 6.45) is 3.50. The van der Waals surface area contributed by atoms with E-state index in [1.165, 1.54) is 0 Å². The number of ether oxygens (including phenoxy) is 1. The summed E-state index contributed by atoms with van der Waals surface area (Å²) in [6, 6.07) is 7.39. The second kappa shape index (κ2) is 7.64. The van der Waals surface area contributed by atoms with Gasteiger partial charge in [0.2, 0.25) is 0 Å². The number of aliphatic hydroxyl groups is 1. The Balaban J connectivity index is 1.64. The molecule has 0 atom stereocenters. The molecular formula is C15H20BrNO3. The molecule has 1 aliphatic carbocycles. The van der Waals surface area contributed by atoms with Gasteiger partial charge in [-0.3, -0.25) is 4.79 Å². The van der Waals surface area contributed by atoms with E-state index in [1.54, 1.807) is 0 Å². The first-order valence-corrected chi connectivity index (χ1v) is 7.76. The fourth-order valence-electron chi connectivity index (χ4n) is 2.34. The van der Waals surface area contributed by atoms with Gasteiger partial charge in [-0.2, -0.15) is 0 Å². The normalized spacial score (nSPS) is 22.3. The van der Waals surface area contributed by atoms with Crippen molar-refractivity contribution in [2.24, 2.45) is 5.92 Å². The highest BCUT2D eigenvalue weighted by Gasteiger charge is 2.19. The van der Waals surface area contributed by atoms with E-state index in [0.717, 1.165) is 30.2 Å². The maximum Gasteiger partial charge on any atom is 0.257 e. The third-order valence-corrected chi connectivity index (χ3v) is 4.12. The van der Waals surface area contributed by atoms with Crippen molar-refractivity contribution in [2.75, 3.05) is 13.2 Å². The number of carbonyl (C=O) groups is 1. The highest BCUT2D eigenvalue weighted by molar-refractivity contribution is 9.10. The predicted molar refractivity (Wildman–Crippen MR) is 80.6 cm³/mol. The van der Waals surface area contributed by atoms with E-state index in [1.807, 2.05) is 24.3 Å². The molecule has 0 aliphatic heterocycles. The molecule has 1 aromatic rings. The topological polar surface area (TPSA) is 58.6 Å². The molecule has 1 fully saturated rings. The van der Waals surface area contributed by atoms with Gasteiger partial charge in [0.25, 0.3) is 5.91 Å². The van der Waals surface area contributed by atoms with Crippen molar-refractivity contribution in [2.45, 2.75) is 31.8 Å². The molecule has 1 aliphatic rings. The van der Waals surface area contributed by atoms with Gasteiger partial charge in [0.05, 0.1) is 6.10 Å². The van der Waals surface area contributed by atoms with Gasteiger partial charge in [-0.25, -0.2) is 0 Å². The van der Waals surface area contributed by atoms with Crippen molar-refractivity contribution in [3.05, 3.63) is 28.7 Å². The Morgan fingerprint density at radius 1 is 1.25 bits per heavy atom. The van der Waals surface area contributed by atoms with E-state index in [-0.39, 0.29) is 18.6 Å². The van der Waals surface area contributed by atoms with Crippen LogP contribution in [0.4, 0.5) is 0 Å². The summed E-state index contributed by atoms with van der Waals surface area (Å²) in [7, 11) is 0. The minimum Gasteiger partial charge on any atom is -0.484 e. The lowest BCUT2D eigenvalue weighted by molar-refractivity contribution is -0.123. The first-order valence-electron chi connectivity index (χ1n) is 6.96. The van der Waals surface area contributed by atoms with Crippen LogP contribution in [-0.2, 0) is 4.79 Å². The summed E-state index contributed by atoms with van der Waals surface area (Å²) in [5, 5.41) is 12.3. The molecule has 0 bridgehead atoms. The van der Waals surface area contributed by atoms with Gasteiger partial charge >= 0.3 is 0 Å². The van der Waals surface area contributed by atoms with Crippen LogP contribution in [0.2, 0.25) is 0 Å². The van der Waals surface area contributed by atoms with Crippen molar-refractivity contribution in [1.82, 2.24) is 5.32 Å². The standard InChI is InChI=1S/C15H20BrNO3/c16-12-3-7-14(8-4-12)20-10-15(19)17-9-11-1-5-13(18)6-2-11/h3-4,7-8,11,13,18H,1-2,5-6,9-10H2,(H,17,19). The molecule has 20 heavy (non-hydrogen) atoms. The third kappa shape index (κ3) is 5.13. The lowest BCUT2D eigenvalue weighted by atomic mass is 9.87. The zero-order chi connectivity index (χ0) is 14.4. The van der Waals surface area contributed by atoms with E-state index < -0.39 is 0 Å². The molecule has 5 heteroatoms. The Kier molecular flexibility index (Phi) is 5.86. The molecule has 0 aromatic heterocycles. The van der Waals surface area contributed by atoms with Crippen LogP contribution in [0.3, 0.4) is 0 Å². The van der Waals surface area contributed by atoms with E-state index in [0.29, 0.717) is 18.2 Å². The van der Waals surface area contributed by atoms with Crippen molar-refractivity contribution in [3.8, 4) is 5.75 Å². The van der Waals surface area contributed by atoms with Crippen LogP contribution in [0.25, 0.3) is 0 Å². The minimum absolute atomic E-state index is 0.0387. The zero-order valence-corrected chi connectivity index (χ0v) is 12.9. The Hall–Kier alpha value is -1.07. The fraction of sp³-hybridized carbons (Fsp3) is 0.533. The van der Waals surface area contributed by atoms with Crippen LogP contribution < -0.4 is 10.1 Å². The molecule has 1 aromatic carbocycles. The van der Waals surface area contributed by atoms with Crippen LogP contribution in [-0.4, -0.2) is 30.3 Å². The average Bonchev–Trinajstić information content (AvgIpc) is 2.46. The first kappa shape index (κ1) is 15.3. The number of hydrogen-bond donors (Lipinski definition) is 2. The van der Waals surface area contributed by atoms with Gasteiger partial charge in [-0.15, -0.1) is 0 Å². The number of aliphatic hydroxyl groups excluding tert-OH is 1. The molecule has 1 saturated carbocycles. The zero-order valence-electron chi connectivity index (χ0n) is 11.3. The van der Waals surface area contributed by atoms with Gasteiger partial charge in [-0.05, 0) is 55.9 Å². The molecule has 2 N–H and O–H groups in total. The molecular weight excluding hydrogens is 322 g/mol. The number of benzene rings is 1. The third-order valence-electron chi connectivity index (χ3n) is 3.59. The summed E-state index contributed by atoms with van der Waals surface area (Å²) >= 11 is 3.35. The van der Waals surface area contributed by atoms with E-state index in [4.69, 9.17) is 4.74 Å². The highest BCUT2D eigenvalue weighted by atomic mass is 79.9. The van der Waals surface area contributed by atoms with Gasteiger partial charge in [0, 0.05) is 11.0 Å². The molecule has 0 unspecified atom stereocenters. The number of amides is 1.